The first kappa shape index (κ1) is 14.6. The third-order valence-corrected chi connectivity index (χ3v) is 2.69. The number of carbonyl (C=O) groups excluding carboxylic acids is 2. The van der Waals surface area contributed by atoms with Crippen molar-refractivity contribution in [3.05, 3.63) is 65.2 Å². The lowest BCUT2D eigenvalue weighted by Gasteiger charge is -2.06. The van der Waals surface area contributed by atoms with Crippen LogP contribution >= 0.6 is 0 Å². The van der Waals surface area contributed by atoms with Crippen LogP contribution in [0.4, 0.5) is 14.5 Å². The van der Waals surface area contributed by atoms with Crippen LogP contribution in [0.15, 0.2) is 42.5 Å². The maximum Gasteiger partial charge on any atom is 0.337 e. The summed E-state index contributed by atoms with van der Waals surface area (Å²) < 4.78 is 30.6. The van der Waals surface area contributed by atoms with Crippen LogP contribution in [-0.2, 0) is 4.74 Å². The van der Waals surface area contributed by atoms with Gasteiger partial charge in [-0.25, -0.2) is 13.6 Å². The number of halogens is 2. The topological polar surface area (TPSA) is 55.4 Å². The second-order valence-corrected chi connectivity index (χ2v) is 4.18. The van der Waals surface area contributed by atoms with Gasteiger partial charge in [-0.2, -0.15) is 0 Å². The summed E-state index contributed by atoms with van der Waals surface area (Å²) in [4.78, 5) is 23.2. The molecule has 0 saturated heterocycles. The van der Waals surface area contributed by atoms with E-state index in [9.17, 15) is 18.4 Å². The van der Waals surface area contributed by atoms with Crippen molar-refractivity contribution in [3.8, 4) is 0 Å². The Balaban J connectivity index is 2.15. The van der Waals surface area contributed by atoms with Gasteiger partial charge in [0.25, 0.3) is 5.91 Å². The molecule has 2 aromatic carbocycles. The van der Waals surface area contributed by atoms with Crippen molar-refractivity contribution >= 4 is 17.6 Å². The summed E-state index contributed by atoms with van der Waals surface area (Å²) >= 11 is 0. The number of benzene rings is 2. The molecule has 0 aliphatic rings. The minimum Gasteiger partial charge on any atom is -0.465 e. The normalized spacial score (nSPS) is 10.0. The van der Waals surface area contributed by atoms with E-state index in [4.69, 9.17) is 0 Å². The maximum absolute atomic E-state index is 13.0. The Morgan fingerprint density at radius 2 is 1.48 bits per heavy atom. The van der Waals surface area contributed by atoms with Crippen LogP contribution in [0.25, 0.3) is 0 Å². The van der Waals surface area contributed by atoms with Crippen LogP contribution in [0.1, 0.15) is 20.7 Å². The highest BCUT2D eigenvalue weighted by molar-refractivity contribution is 6.04. The van der Waals surface area contributed by atoms with Crippen LogP contribution in [0.3, 0.4) is 0 Å². The summed E-state index contributed by atoms with van der Waals surface area (Å²) in [5, 5.41) is 2.37. The molecule has 0 spiro atoms. The van der Waals surface area contributed by atoms with E-state index in [1.807, 2.05) is 0 Å². The first-order chi connectivity index (χ1) is 9.99. The van der Waals surface area contributed by atoms with E-state index < -0.39 is 23.5 Å². The van der Waals surface area contributed by atoms with Crippen LogP contribution in [0.2, 0.25) is 0 Å². The molecule has 2 rings (SSSR count). The smallest absolute Gasteiger partial charge is 0.337 e. The van der Waals surface area contributed by atoms with Crippen molar-refractivity contribution < 1.29 is 23.1 Å². The van der Waals surface area contributed by atoms with E-state index in [2.05, 4.69) is 10.1 Å². The molecule has 0 aromatic heterocycles. The molecule has 0 atom stereocenters. The van der Waals surface area contributed by atoms with Crippen LogP contribution in [-0.4, -0.2) is 19.0 Å². The monoisotopic (exact) mass is 291 g/mol. The SMILES string of the molecule is COC(=O)c1ccc(C(=O)Nc2cc(F)cc(F)c2)cc1. The third kappa shape index (κ3) is 3.62. The van der Waals surface area contributed by atoms with Crippen molar-refractivity contribution in [2.24, 2.45) is 0 Å². The van der Waals surface area contributed by atoms with Gasteiger partial charge in [0.2, 0.25) is 0 Å². The second kappa shape index (κ2) is 6.13. The Labute approximate surface area is 119 Å². The van der Waals surface area contributed by atoms with Gasteiger partial charge >= 0.3 is 5.97 Å². The van der Waals surface area contributed by atoms with E-state index in [0.29, 0.717) is 11.6 Å². The Hall–Kier alpha value is -2.76. The van der Waals surface area contributed by atoms with Crippen molar-refractivity contribution in [3.63, 3.8) is 0 Å². The number of ether oxygens (including phenoxy) is 1. The molecule has 0 aliphatic heterocycles. The van der Waals surface area contributed by atoms with Gasteiger partial charge in [0.1, 0.15) is 11.6 Å². The minimum atomic E-state index is -0.786. The number of amides is 1. The average Bonchev–Trinajstić information content (AvgIpc) is 2.45. The van der Waals surface area contributed by atoms with Gasteiger partial charge in [-0.3, -0.25) is 4.79 Å². The number of esters is 1. The highest BCUT2D eigenvalue weighted by Crippen LogP contribution is 2.14. The molecule has 0 heterocycles. The van der Waals surface area contributed by atoms with Crippen molar-refractivity contribution in [1.29, 1.82) is 0 Å². The Morgan fingerprint density at radius 1 is 0.952 bits per heavy atom. The second-order valence-electron chi connectivity index (χ2n) is 4.18. The Kier molecular flexibility index (Phi) is 4.27. The standard InChI is InChI=1S/C15H11F2NO3/c1-21-15(20)10-4-2-9(3-5-10)14(19)18-13-7-11(16)6-12(17)8-13/h2-8H,1H3,(H,18,19). The molecule has 21 heavy (non-hydrogen) atoms. The lowest BCUT2D eigenvalue weighted by Crippen LogP contribution is -2.12. The fraction of sp³-hybridized carbons (Fsp3) is 0.0667. The summed E-state index contributed by atoms with van der Waals surface area (Å²) in [5.74, 6) is -2.64. The predicted octanol–water partition coefficient (Wildman–Crippen LogP) is 3.00. The van der Waals surface area contributed by atoms with Gasteiger partial charge < -0.3 is 10.1 Å². The summed E-state index contributed by atoms with van der Waals surface area (Å²) in [6, 6.07) is 8.39. The molecule has 0 aliphatic carbocycles. The predicted molar refractivity (Wildman–Crippen MR) is 72.1 cm³/mol. The molecule has 4 nitrogen and oxygen atoms in total. The molecular formula is C15H11F2NO3. The van der Waals surface area contributed by atoms with E-state index in [-0.39, 0.29) is 11.3 Å². The van der Waals surface area contributed by atoms with Gasteiger partial charge in [0.15, 0.2) is 0 Å². The van der Waals surface area contributed by atoms with Crippen molar-refractivity contribution in [1.82, 2.24) is 0 Å². The lowest BCUT2D eigenvalue weighted by molar-refractivity contribution is 0.0600. The number of hydrogen-bond donors (Lipinski definition) is 1. The molecule has 0 bridgehead atoms. The number of rotatable bonds is 3. The van der Waals surface area contributed by atoms with Gasteiger partial charge in [0.05, 0.1) is 12.7 Å². The van der Waals surface area contributed by atoms with E-state index in [1.54, 1.807) is 0 Å². The van der Waals surface area contributed by atoms with E-state index in [0.717, 1.165) is 12.1 Å². The maximum atomic E-state index is 13.0. The fourth-order valence-electron chi connectivity index (χ4n) is 1.70. The van der Waals surface area contributed by atoms with Crippen LogP contribution < -0.4 is 5.32 Å². The molecule has 2 aromatic rings. The zero-order valence-corrected chi connectivity index (χ0v) is 11.0. The number of nitrogens with one attached hydrogen (secondary N) is 1. The Morgan fingerprint density at radius 3 is 2.00 bits per heavy atom. The van der Waals surface area contributed by atoms with E-state index in [1.165, 1.54) is 31.4 Å². The third-order valence-electron chi connectivity index (χ3n) is 2.69. The first-order valence-corrected chi connectivity index (χ1v) is 5.95. The number of carbonyl (C=O) groups is 2. The molecule has 1 amide bonds. The highest BCUT2D eigenvalue weighted by atomic mass is 19.1. The molecule has 0 fully saturated rings. The van der Waals surface area contributed by atoms with Crippen LogP contribution in [0, 0.1) is 11.6 Å². The molecule has 0 radical (unpaired) electrons. The molecule has 108 valence electrons. The quantitative estimate of drug-likeness (QED) is 0.884. The van der Waals surface area contributed by atoms with Gasteiger partial charge in [-0.05, 0) is 36.4 Å². The summed E-state index contributed by atoms with van der Waals surface area (Å²) in [5.41, 5.74) is 0.549. The molecular weight excluding hydrogens is 280 g/mol. The average molecular weight is 291 g/mol. The van der Waals surface area contributed by atoms with Crippen molar-refractivity contribution in [2.45, 2.75) is 0 Å². The van der Waals surface area contributed by atoms with Crippen molar-refractivity contribution in [2.75, 3.05) is 12.4 Å². The minimum absolute atomic E-state index is 0.00884. The van der Waals surface area contributed by atoms with Crippen LogP contribution in [0.5, 0.6) is 0 Å². The fourth-order valence-corrected chi connectivity index (χ4v) is 1.70. The molecule has 1 N–H and O–H groups in total. The van der Waals surface area contributed by atoms with E-state index >= 15 is 0 Å². The first-order valence-electron chi connectivity index (χ1n) is 5.95. The summed E-state index contributed by atoms with van der Waals surface area (Å²) in [7, 11) is 1.25. The van der Waals surface area contributed by atoms with Gasteiger partial charge in [-0.1, -0.05) is 0 Å². The summed E-state index contributed by atoms with van der Waals surface area (Å²) in [6.07, 6.45) is 0. The largest absolute Gasteiger partial charge is 0.465 e. The number of hydrogen-bond acceptors (Lipinski definition) is 3. The highest BCUT2D eigenvalue weighted by Gasteiger charge is 2.10. The summed E-state index contributed by atoms with van der Waals surface area (Å²) in [6.45, 7) is 0. The molecule has 6 heteroatoms. The van der Waals surface area contributed by atoms with Gasteiger partial charge in [-0.15, -0.1) is 0 Å². The number of anilines is 1. The van der Waals surface area contributed by atoms with Gasteiger partial charge in [0, 0.05) is 17.3 Å². The zero-order valence-electron chi connectivity index (χ0n) is 11.0. The number of methoxy groups -OCH3 is 1. The zero-order chi connectivity index (χ0) is 15.4. The molecule has 0 unspecified atom stereocenters. The Bertz CT molecular complexity index is 664. The lowest BCUT2D eigenvalue weighted by atomic mass is 10.1. The molecule has 0 saturated carbocycles.